The molecule has 0 radical (unpaired) electrons. The molecule has 1 N–H and O–H groups in total. The Morgan fingerprint density at radius 1 is 1.31 bits per heavy atom. The Morgan fingerprint density at radius 2 is 2.07 bits per heavy atom. The highest BCUT2D eigenvalue weighted by atomic mass is 127. The van der Waals surface area contributed by atoms with Gasteiger partial charge in [-0.2, -0.15) is 0 Å². The molecule has 166 valence electrons. The maximum atomic E-state index is 5.55. The third-order valence-corrected chi connectivity index (χ3v) is 5.38. The highest BCUT2D eigenvalue weighted by molar-refractivity contribution is 14.0. The molecule has 1 saturated heterocycles. The van der Waals surface area contributed by atoms with Crippen LogP contribution in [0.25, 0.3) is 0 Å². The fourth-order valence-electron chi connectivity index (χ4n) is 3.71. The van der Waals surface area contributed by atoms with Gasteiger partial charge in [-0.15, -0.1) is 24.0 Å². The van der Waals surface area contributed by atoms with Crippen molar-refractivity contribution in [2.45, 2.75) is 46.2 Å². The summed E-state index contributed by atoms with van der Waals surface area (Å²) in [5.41, 5.74) is 1.11. The summed E-state index contributed by atoms with van der Waals surface area (Å²) in [4.78, 5) is 9.69. The first-order valence-corrected chi connectivity index (χ1v) is 10.4. The predicted molar refractivity (Wildman–Crippen MR) is 132 cm³/mol. The van der Waals surface area contributed by atoms with Crippen LogP contribution in [0, 0.1) is 5.92 Å². The molecule has 1 aromatic rings. The summed E-state index contributed by atoms with van der Waals surface area (Å²) >= 11 is 0. The Hall–Kier alpha value is -1.22. The van der Waals surface area contributed by atoms with Crippen molar-refractivity contribution in [3.05, 3.63) is 23.8 Å². The van der Waals surface area contributed by atoms with Gasteiger partial charge in [0.1, 0.15) is 11.5 Å². The Kier molecular flexibility index (Phi) is 11.7. The van der Waals surface area contributed by atoms with Gasteiger partial charge in [0.05, 0.1) is 14.2 Å². The zero-order valence-corrected chi connectivity index (χ0v) is 21.2. The van der Waals surface area contributed by atoms with Crippen LogP contribution in [0.1, 0.15) is 39.2 Å². The van der Waals surface area contributed by atoms with E-state index in [1.807, 2.05) is 12.1 Å². The molecule has 0 bridgehead atoms. The lowest BCUT2D eigenvalue weighted by Gasteiger charge is -2.35. The number of methoxy groups -OCH3 is 2. The third-order valence-electron chi connectivity index (χ3n) is 5.38. The quantitative estimate of drug-likeness (QED) is 0.322. The second kappa shape index (κ2) is 13.2. The van der Waals surface area contributed by atoms with Gasteiger partial charge in [-0.3, -0.25) is 4.99 Å². The van der Waals surface area contributed by atoms with E-state index >= 15 is 0 Å². The van der Waals surface area contributed by atoms with Crippen LogP contribution >= 0.6 is 24.0 Å². The normalized spacial score (nSPS) is 17.6. The van der Waals surface area contributed by atoms with Crippen molar-refractivity contribution >= 4 is 29.9 Å². The molecule has 0 saturated carbocycles. The lowest BCUT2D eigenvalue weighted by atomic mass is 9.97. The number of hydrogen-bond donors (Lipinski definition) is 1. The number of rotatable bonds is 8. The summed E-state index contributed by atoms with van der Waals surface area (Å²) in [5, 5.41) is 3.43. The average molecular weight is 518 g/mol. The summed E-state index contributed by atoms with van der Waals surface area (Å²) in [7, 11) is 5.44. The first-order valence-electron chi connectivity index (χ1n) is 10.4. The van der Waals surface area contributed by atoms with Gasteiger partial charge in [-0.1, -0.05) is 0 Å². The van der Waals surface area contributed by atoms with E-state index in [4.69, 9.17) is 14.5 Å². The number of benzene rings is 1. The second-order valence-corrected chi connectivity index (χ2v) is 7.83. The number of nitrogens with one attached hydrogen (secondary N) is 1. The molecule has 1 atom stereocenters. The Labute approximate surface area is 194 Å². The van der Waals surface area contributed by atoms with Gasteiger partial charge >= 0.3 is 0 Å². The Balaban J connectivity index is 0.00000420. The fraction of sp³-hybridized carbons (Fsp3) is 0.682. The highest BCUT2D eigenvalue weighted by Gasteiger charge is 2.21. The van der Waals surface area contributed by atoms with Gasteiger partial charge in [0.2, 0.25) is 0 Å². The van der Waals surface area contributed by atoms with E-state index in [0.717, 1.165) is 49.2 Å². The van der Waals surface area contributed by atoms with Gasteiger partial charge < -0.3 is 24.6 Å². The molecule has 0 amide bonds. The topological polar surface area (TPSA) is 49.3 Å². The lowest BCUT2D eigenvalue weighted by molar-refractivity contribution is 0.143. The van der Waals surface area contributed by atoms with Crippen LogP contribution in [-0.4, -0.2) is 69.2 Å². The third kappa shape index (κ3) is 7.85. The van der Waals surface area contributed by atoms with Gasteiger partial charge in [-0.05, 0) is 58.2 Å². The molecule has 1 fully saturated rings. The molecule has 6 nitrogen and oxygen atoms in total. The molecule has 0 aromatic heterocycles. The standard InChI is InChI=1S/C22H38N4O2.HI/c1-7-23-22(24-14-18-9-8-12-26(15-18)17(2)3)25(4)16-19-10-11-20(27-5)13-21(19)28-6;/h10-11,13,17-18H,7-9,12,14-16H2,1-6H3,(H,23,24);1H. The summed E-state index contributed by atoms with van der Waals surface area (Å²) < 4.78 is 10.8. The molecule has 1 aliphatic rings. The van der Waals surface area contributed by atoms with Gasteiger partial charge in [0.15, 0.2) is 5.96 Å². The minimum absolute atomic E-state index is 0. The molecule has 2 rings (SSSR count). The summed E-state index contributed by atoms with van der Waals surface area (Å²) in [5.74, 6) is 3.22. The molecule has 7 heteroatoms. The SMILES string of the molecule is CCNC(=NCC1CCCN(C(C)C)C1)N(C)Cc1ccc(OC)cc1OC.I. The van der Waals surface area contributed by atoms with E-state index in [0.29, 0.717) is 12.0 Å². The molecular weight excluding hydrogens is 479 g/mol. The summed E-state index contributed by atoms with van der Waals surface area (Å²) in [6.07, 6.45) is 2.54. The van der Waals surface area contributed by atoms with Crippen LogP contribution < -0.4 is 14.8 Å². The van der Waals surface area contributed by atoms with Crippen molar-refractivity contribution in [2.75, 3.05) is 47.4 Å². The van der Waals surface area contributed by atoms with Gasteiger partial charge in [-0.25, -0.2) is 0 Å². The lowest BCUT2D eigenvalue weighted by Crippen LogP contribution is -2.42. The fourth-order valence-corrected chi connectivity index (χ4v) is 3.71. The van der Waals surface area contributed by atoms with Crippen molar-refractivity contribution in [3.8, 4) is 11.5 Å². The first kappa shape index (κ1) is 25.8. The van der Waals surface area contributed by atoms with Crippen LogP contribution in [0.2, 0.25) is 0 Å². The molecule has 0 spiro atoms. The van der Waals surface area contributed by atoms with Crippen LogP contribution in [0.4, 0.5) is 0 Å². The van der Waals surface area contributed by atoms with Gasteiger partial charge in [0, 0.05) is 50.9 Å². The highest BCUT2D eigenvalue weighted by Crippen LogP contribution is 2.25. The molecule has 1 aliphatic heterocycles. The number of aliphatic imine (C=N–C) groups is 1. The second-order valence-electron chi connectivity index (χ2n) is 7.83. The largest absolute Gasteiger partial charge is 0.497 e. The molecule has 1 unspecified atom stereocenters. The smallest absolute Gasteiger partial charge is 0.193 e. The number of likely N-dealkylation sites (tertiary alicyclic amines) is 1. The van der Waals surface area contributed by atoms with Crippen molar-refractivity contribution < 1.29 is 9.47 Å². The number of nitrogens with zero attached hydrogens (tertiary/aromatic N) is 3. The van der Waals surface area contributed by atoms with E-state index < -0.39 is 0 Å². The van der Waals surface area contributed by atoms with E-state index in [1.54, 1.807) is 14.2 Å². The minimum Gasteiger partial charge on any atom is -0.497 e. The maximum Gasteiger partial charge on any atom is 0.193 e. The zero-order chi connectivity index (χ0) is 20.5. The summed E-state index contributed by atoms with van der Waals surface area (Å²) in [6.45, 7) is 11.5. The number of guanidine groups is 1. The predicted octanol–water partition coefficient (Wildman–Crippen LogP) is 3.84. The van der Waals surface area contributed by atoms with E-state index in [1.165, 1.54) is 19.4 Å². The van der Waals surface area contributed by atoms with E-state index in [2.05, 4.69) is 49.0 Å². The number of ether oxygens (including phenoxy) is 2. The molecule has 29 heavy (non-hydrogen) atoms. The zero-order valence-electron chi connectivity index (χ0n) is 18.9. The van der Waals surface area contributed by atoms with E-state index in [9.17, 15) is 0 Å². The number of halogens is 1. The van der Waals surface area contributed by atoms with Crippen LogP contribution in [0.5, 0.6) is 11.5 Å². The van der Waals surface area contributed by atoms with Crippen LogP contribution in [0.15, 0.2) is 23.2 Å². The number of piperidine rings is 1. The van der Waals surface area contributed by atoms with Crippen molar-refractivity contribution in [3.63, 3.8) is 0 Å². The van der Waals surface area contributed by atoms with Crippen molar-refractivity contribution in [2.24, 2.45) is 10.9 Å². The maximum absolute atomic E-state index is 5.55. The van der Waals surface area contributed by atoms with Gasteiger partial charge in [0.25, 0.3) is 0 Å². The Morgan fingerprint density at radius 3 is 2.69 bits per heavy atom. The molecular formula is C22H39IN4O2. The molecule has 0 aliphatic carbocycles. The molecule has 1 heterocycles. The van der Waals surface area contributed by atoms with Crippen LogP contribution in [-0.2, 0) is 6.54 Å². The van der Waals surface area contributed by atoms with Crippen molar-refractivity contribution in [1.29, 1.82) is 0 Å². The first-order chi connectivity index (χ1) is 13.5. The van der Waals surface area contributed by atoms with Crippen LogP contribution in [0.3, 0.4) is 0 Å². The van der Waals surface area contributed by atoms with Crippen molar-refractivity contribution in [1.82, 2.24) is 15.1 Å². The average Bonchev–Trinajstić information content (AvgIpc) is 2.71. The monoisotopic (exact) mass is 518 g/mol. The summed E-state index contributed by atoms with van der Waals surface area (Å²) in [6, 6.07) is 6.57. The Bertz CT molecular complexity index is 639. The minimum atomic E-state index is 0. The van der Waals surface area contributed by atoms with E-state index in [-0.39, 0.29) is 24.0 Å². The number of hydrogen-bond acceptors (Lipinski definition) is 4. The molecule has 1 aromatic carbocycles.